The van der Waals surface area contributed by atoms with E-state index in [0.29, 0.717) is 6.04 Å². The fourth-order valence-corrected chi connectivity index (χ4v) is 1.58. The van der Waals surface area contributed by atoms with Crippen LogP contribution < -0.4 is 5.32 Å². The first-order valence-corrected chi connectivity index (χ1v) is 5.02. The third kappa shape index (κ3) is 1.78. The normalized spacial score (nSPS) is 17.1. The first-order chi connectivity index (χ1) is 5.84. The number of hydrogen-bond donors (Lipinski definition) is 1. The van der Waals surface area contributed by atoms with Gasteiger partial charge in [0.25, 0.3) is 0 Å². The minimum atomic E-state index is 0.659. The van der Waals surface area contributed by atoms with Gasteiger partial charge in [0.15, 0.2) is 0 Å². The monoisotopic (exact) mass is 226 g/mol. The maximum absolute atomic E-state index is 4.22. The highest BCUT2D eigenvalue weighted by Crippen LogP contribution is 2.23. The highest BCUT2D eigenvalue weighted by atomic mass is 79.9. The molecule has 1 aromatic rings. The molecule has 1 saturated carbocycles. The SMILES string of the molecule is Brc1ccnc(NC2CCC2)c1. The third-order valence-electron chi connectivity index (χ3n) is 2.18. The van der Waals surface area contributed by atoms with Crippen LogP contribution in [0.4, 0.5) is 5.82 Å². The standard InChI is InChI=1S/C9H11BrN2/c10-7-4-5-11-9(6-7)12-8-2-1-3-8/h4-6,8H,1-3H2,(H,11,12). The van der Waals surface area contributed by atoms with Crippen LogP contribution in [0.15, 0.2) is 22.8 Å². The van der Waals surface area contributed by atoms with Crippen molar-refractivity contribution in [3.63, 3.8) is 0 Å². The Hall–Kier alpha value is -0.570. The zero-order valence-electron chi connectivity index (χ0n) is 6.76. The lowest BCUT2D eigenvalue weighted by Crippen LogP contribution is -2.27. The van der Waals surface area contributed by atoms with Crippen LogP contribution in [0.25, 0.3) is 0 Å². The summed E-state index contributed by atoms with van der Waals surface area (Å²) in [5.41, 5.74) is 0. The average molecular weight is 227 g/mol. The van der Waals surface area contributed by atoms with Crippen molar-refractivity contribution in [1.82, 2.24) is 4.98 Å². The van der Waals surface area contributed by atoms with Gasteiger partial charge in [0, 0.05) is 16.7 Å². The van der Waals surface area contributed by atoms with Crippen molar-refractivity contribution in [2.75, 3.05) is 5.32 Å². The number of nitrogens with zero attached hydrogens (tertiary/aromatic N) is 1. The second-order valence-corrected chi connectivity index (χ2v) is 4.05. The number of nitrogens with one attached hydrogen (secondary N) is 1. The van der Waals surface area contributed by atoms with Crippen LogP contribution in [-0.4, -0.2) is 11.0 Å². The van der Waals surface area contributed by atoms with Gasteiger partial charge >= 0.3 is 0 Å². The first kappa shape index (κ1) is 8.05. The summed E-state index contributed by atoms with van der Waals surface area (Å²) in [6.45, 7) is 0. The van der Waals surface area contributed by atoms with Gasteiger partial charge in [0.1, 0.15) is 5.82 Å². The van der Waals surface area contributed by atoms with E-state index in [0.717, 1.165) is 10.3 Å². The minimum absolute atomic E-state index is 0.659. The Kier molecular flexibility index (Phi) is 2.30. The van der Waals surface area contributed by atoms with E-state index in [9.17, 15) is 0 Å². The average Bonchev–Trinajstić information content (AvgIpc) is 1.97. The van der Waals surface area contributed by atoms with E-state index in [-0.39, 0.29) is 0 Å². The van der Waals surface area contributed by atoms with Gasteiger partial charge in [0.05, 0.1) is 0 Å². The summed E-state index contributed by atoms with van der Waals surface area (Å²) in [7, 11) is 0. The Morgan fingerprint density at radius 1 is 1.50 bits per heavy atom. The van der Waals surface area contributed by atoms with Crippen molar-refractivity contribution in [3.05, 3.63) is 22.8 Å². The summed E-state index contributed by atoms with van der Waals surface area (Å²) in [5, 5.41) is 3.38. The molecule has 2 rings (SSSR count). The number of anilines is 1. The molecule has 1 aliphatic rings. The molecular formula is C9H11BrN2. The largest absolute Gasteiger partial charge is 0.367 e. The fraction of sp³-hybridized carbons (Fsp3) is 0.444. The highest BCUT2D eigenvalue weighted by molar-refractivity contribution is 9.10. The Bertz CT molecular complexity index is 271. The van der Waals surface area contributed by atoms with Crippen molar-refractivity contribution in [2.24, 2.45) is 0 Å². The molecule has 1 aliphatic carbocycles. The quantitative estimate of drug-likeness (QED) is 0.840. The van der Waals surface area contributed by atoms with E-state index >= 15 is 0 Å². The second kappa shape index (κ2) is 3.44. The lowest BCUT2D eigenvalue weighted by molar-refractivity contribution is 0.444. The number of hydrogen-bond acceptors (Lipinski definition) is 2. The zero-order chi connectivity index (χ0) is 8.39. The highest BCUT2D eigenvalue weighted by Gasteiger charge is 2.16. The van der Waals surface area contributed by atoms with E-state index in [4.69, 9.17) is 0 Å². The van der Waals surface area contributed by atoms with E-state index in [1.165, 1.54) is 19.3 Å². The molecule has 0 amide bonds. The second-order valence-electron chi connectivity index (χ2n) is 3.13. The molecule has 0 bridgehead atoms. The van der Waals surface area contributed by atoms with E-state index in [1.807, 2.05) is 18.3 Å². The van der Waals surface area contributed by atoms with Gasteiger partial charge in [-0.15, -0.1) is 0 Å². The topological polar surface area (TPSA) is 24.9 Å². The molecule has 0 radical (unpaired) electrons. The zero-order valence-corrected chi connectivity index (χ0v) is 8.34. The molecule has 0 aliphatic heterocycles. The van der Waals surface area contributed by atoms with Crippen LogP contribution in [0.3, 0.4) is 0 Å². The lowest BCUT2D eigenvalue weighted by Gasteiger charge is -2.26. The maximum Gasteiger partial charge on any atom is 0.127 e. The summed E-state index contributed by atoms with van der Waals surface area (Å²) in [6, 6.07) is 4.61. The van der Waals surface area contributed by atoms with Crippen molar-refractivity contribution < 1.29 is 0 Å². The minimum Gasteiger partial charge on any atom is -0.367 e. The van der Waals surface area contributed by atoms with Gasteiger partial charge in [-0.2, -0.15) is 0 Å². The van der Waals surface area contributed by atoms with Gasteiger partial charge in [-0.1, -0.05) is 15.9 Å². The van der Waals surface area contributed by atoms with E-state index in [2.05, 4.69) is 26.2 Å². The molecule has 0 aromatic carbocycles. The Labute approximate surface area is 80.5 Å². The summed E-state index contributed by atoms with van der Waals surface area (Å²) in [5.74, 6) is 0.981. The first-order valence-electron chi connectivity index (χ1n) is 4.23. The molecule has 0 spiro atoms. The Morgan fingerprint density at radius 3 is 2.92 bits per heavy atom. The summed E-state index contributed by atoms with van der Waals surface area (Å²) in [6.07, 6.45) is 5.74. The van der Waals surface area contributed by atoms with Crippen molar-refractivity contribution in [3.8, 4) is 0 Å². The van der Waals surface area contributed by atoms with Crippen molar-refractivity contribution in [1.29, 1.82) is 0 Å². The number of halogens is 1. The van der Waals surface area contributed by atoms with Crippen LogP contribution in [-0.2, 0) is 0 Å². The Balaban J connectivity index is 2.02. The van der Waals surface area contributed by atoms with E-state index in [1.54, 1.807) is 0 Å². The molecule has 12 heavy (non-hydrogen) atoms. The molecule has 2 nitrogen and oxygen atoms in total. The third-order valence-corrected chi connectivity index (χ3v) is 2.67. The Morgan fingerprint density at radius 2 is 2.33 bits per heavy atom. The van der Waals surface area contributed by atoms with Gasteiger partial charge in [-0.25, -0.2) is 4.98 Å². The van der Waals surface area contributed by atoms with Gasteiger partial charge in [-0.3, -0.25) is 0 Å². The molecule has 3 heteroatoms. The lowest BCUT2D eigenvalue weighted by atomic mass is 9.93. The summed E-state index contributed by atoms with van der Waals surface area (Å²) < 4.78 is 1.08. The maximum atomic E-state index is 4.22. The molecule has 0 atom stereocenters. The molecule has 1 fully saturated rings. The molecule has 1 N–H and O–H groups in total. The van der Waals surface area contributed by atoms with E-state index < -0.39 is 0 Å². The molecule has 64 valence electrons. The van der Waals surface area contributed by atoms with Gasteiger partial charge in [0.2, 0.25) is 0 Å². The molecule has 1 aromatic heterocycles. The van der Waals surface area contributed by atoms with Gasteiger partial charge in [-0.05, 0) is 31.4 Å². The smallest absolute Gasteiger partial charge is 0.127 e. The van der Waals surface area contributed by atoms with Crippen LogP contribution in [0.2, 0.25) is 0 Å². The van der Waals surface area contributed by atoms with Crippen molar-refractivity contribution in [2.45, 2.75) is 25.3 Å². The van der Waals surface area contributed by atoms with Crippen LogP contribution in [0.5, 0.6) is 0 Å². The molecule has 0 saturated heterocycles. The summed E-state index contributed by atoms with van der Waals surface area (Å²) >= 11 is 3.41. The molecule has 1 heterocycles. The number of rotatable bonds is 2. The fourth-order valence-electron chi connectivity index (χ4n) is 1.25. The van der Waals surface area contributed by atoms with Crippen LogP contribution in [0, 0.1) is 0 Å². The number of pyridine rings is 1. The van der Waals surface area contributed by atoms with Crippen molar-refractivity contribution >= 4 is 21.7 Å². The van der Waals surface area contributed by atoms with Crippen LogP contribution in [0.1, 0.15) is 19.3 Å². The van der Waals surface area contributed by atoms with Gasteiger partial charge < -0.3 is 5.32 Å². The predicted octanol–water partition coefficient (Wildman–Crippen LogP) is 2.81. The predicted molar refractivity (Wildman–Crippen MR) is 53.2 cm³/mol. The summed E-state index contributed by atoms with van der Waals surface area (Å²) in [4.78, 5) is 4.22. The molecular weight excluding hydrogens is 216 g/mol. The number of aromatic nitrogens is 1. The van der Waals surface area contributed by atoms with Crippen LogP contribution >= 0.6 is 15.9 Å². The molecule has 0 unspecified atom stereocenters.